The lowest BCUT2D eigenvalue weighted by atomic mass is 9.71. The number of nitrogens with zero attached hydrogens (tertiary/aromatic N) is 1. The molecule has 1 aliphatic heterocycles. The van der Waals surface area contributed by atoms with Crippen LogP contribution in [-0.2, 0) is 0 Å². The molecule has 0 atom stereocenters. The molecule has 1 aliphatic carbocycles. The number of hydrogen-bond acceptors (Lipinski definition) is 1. The van der Waals surface area contributed by atoms with E-state index in [2.05, 4.69) is 11.9 Å². The zero-order valence-corrected chi connectivity index (χ0v) is 11.8. The maximum absolute atomic E-state index is 2.52. The Labute approximate surface area is 108 Å². The summed E-state index contributed by atoms with van der Waals surface area (Å²) in [6.07, 6.45) is 18.0. The van der Waals surface area contributed by atoms with Gasteiger partial charge in [-0.3, -0.25) is 0 Å². The molecule has 0 aromatic carbocycles. The van der Waals surface area contributed by atoms with Crippen LogP contribution in [0.4, 0.5) is 0 Å². The quantitative estimate of drug-likeness (QED) is 0.594. The minimum absolute atomic E-state index is 0.747. The van der Waals surface area contributed by atoms with Crippen LogP contribution in [0.25, 0.3) is 0 Å². The second kappa shape index (κ2) is 6.78. The van der Waals surface area contributed by atoms with Gasteiger partial charge in [0.1, 0.15) is 0 Å². The van der Waals surface area contributed by atoms with Gasteiger partial charge in [-0.15, -0.1) is 0 Å². The number of likely N-dealkylation sites (tertiary alicyclic amines) is 1. The van der Waals surface area contributed by atoms with Crippen molar-refractivity contribution in [2.45, 2.75) is 77.0 Å². The lowest BCUT2D eigenvalue weighted by molar-refractivity contribution is 0.0967. The Morgan fingerprint density at radius 3 is 1.47 bits per heavy atom. The van der Waals surface area contributed by atoms with Crippen molar-refractivity contribution in [3.63, 3.8) is 0 Å². The monoisotopic (exact) mass is 237 g/mol. The van der Waals surface area contributed by atoms with E-state index in [9.17, 15) is 0 Å². The van der Waals surface area contributed by atoms with Gasteiger partial charge in [-0.2, -0.15) is 0 Å². The molecule has 0 aromatic rings. The van der Waals surface area contributed by atoms with Crippen molar-refractivity contribution in [1.82, 2.24) is 4.90 Å². The van der Waals surface area contributed by atoms with Crippen LogP contribution in [0.15, 0.2) is 0 Å². The molecule has 1 saturated heterocycles. The van der Waals surface area contributed by atoms with Gasteiger partial charge in [-0.1, -0.05) is 51.4 Å². The van der Waals surface area contributed by atoms with Gasteiger partial charge < -0.3 is 4.90 Å². The number of rotatable bonds is 0. The van der Waals surface area contributed by atoms with Crippen molar-refractivity contribution in [1.29, 1.82) is 0 Å². The van der Waals surface area contributed by atoms with Crippen LogP contribution in [0.5, 0.6) is 0 Å². The highest BCUT2D eigenvalue weighted by atomic mass is 15.1. The molecular weight excluding hydrogens is 206 g/mol. The van der Waals surface area contributed by atoms with Crippen LogP contribution in [0.3, 0.4) is 0 Å². The van der Waals surface area contributed by atoms with Crippen LogP contribution in [0.1, 0.15) is 77.0 Å². The Bertz CT molecular complexity index is 190. The predicted octanol–water partition coefficient (Wildman–Crippen LogP) is 4.61. The molecule has 2 aliphatic rings. The smallest absolute Gasteiger partial charge is 0.00165 e. The minimum Gasteiger partial charge on any atom is -0.306 e. The highest BCUT2D eigenvalue weighted by Gasteiger charge is 2.32. The van der Waals surface area contributed by atoms with Crippen molar-refractivity contribution in [2.75, 3.05) is 20.1 Å². The van der Waals surface area contributed by atoms with E-state index < -0.39 is 0 Å². The molecule has 1 heteroatoms. The summed E-state index contributed by atoms with van der Waals surface area (Å²) in [4.78, 5) is 2.52. The van der Waals surface area contributed by atoms with Crippen LogP contribution < -0.4 is 0 Å². The van der Waals surface area contributed by atoms with E-state index >= 15 is 0 Å². The highest BCUT2D eigenvalue weighted by molar-refractivity contribution is 4.85. The summed E-state index contributed by atoms with van der Waals surface area (Å²) < 4.78 is 0. The summed E-state index contributed by atoms with van der Waals surface area (Å²) in [6.45, 7) is 2.69. The molecule has 0 N–H and O–H groups in total. The standard InChI is InChI=1S/C16H31N/c1-17-14-12-16(13-15-17)10-8-6-4-2-3-5-7-9-11-16/h2-15H2,1H3. The second-order valence-corrected chi connectivity index (χ2v) is 6.63. The Balaban J connectivity index is 1.87. The normalized spacial score (nSPS) is 28.8. The van der Waals surface area contributed by atoms with E-state index in [0.29, 0.717) is 0 Å². The lowest BCUT2D eigenvalue weighted by Crippen LogP contribution is -2.38. The third kappa shape index (κ3) is 4.28. The molecule has 0 aromatic heterocycles. The first-order valence-corrected chi connectivity index (χ1v) is 7.99. The maximum atomic E-state index is 2.52. The first-order chi connectivity index (χ1) is 8.31. The Morgan fingerprint density at radius 2 is 1.00 bits per heavy atom. The van der Waals surface area contributed by atoms with Crippen LogP contribution in [-0.4, -0.2) is 25.0 Å². The molecule has 0 radical (unpaired) electrons. The average molecular weight is 237 g/mol. The zero-order valence-electron chi connectivity index (χ0n) is 11.8. The van der Waals surface area contributed by atoms with Gasteiger partial charge >= 0.3 is 0 Å². The highest BCUT2D eigenvalue weighted by Crippen LogP contribution is 2.41. The minimum atomic E-state index is 0.747. The van der Waals surface area contributed by atoms with Crippen molar-refractivity contribution < 1.29 is 0 Å². The number of hydrogen-bond donors (Lipinski definition) is 0. The maximum Gasteiger partial charge on any atom is -0.00165 e. The fourth-order valence-electron chi connectivity index (χ4n) is 3.78. The fourth-order valence-corrected chi connectivity index (χ4v) is 3.78. The van der Waals surface area contributed by atoms with E-state index in [4.69, 9.17) is 0 Å². The van der Waals surface area contributed by atoms with Gasteiger partial charge in [0.25, 0.3) is 0 Å². The molecular formula is C16H31N. The van der Waals surface area contributed by atoms with Crippen LogP contribution in [0.2, 0.25) is 0 Å². The van der Waals surface area contributed by atoms with Crippen molar-refractivity contribution >= 4 is 0 Å². The van der Waals surface area contributed by atoms with Crippen molar-refractivity contribution in [3.05, 3.63) is 0 Å². The summed E-state index contributed by atoms with van der Waals surface area (Å²) in [7, 11) is 2.29. The fraction of sp³-hybridized carbons (Fsp3) is 1.00. The van der Waals surface area contributed by atoms with Gasteiger partial charge in [-0.05, 0) is 51.2 Å². The van der Waals surface area contributed by atoms with E-state index in [-0.39, 0.29) is 0 Å². The molecule has 2 rings (SSSR count). The van der Waals surface area contributed by atoms with E-state index in [0.717, 1.165) is 5.41 Å². The first kappa shape index (κ1) is 13.4. The van der Waals surface area contributed by atoms with Crippen LogP contribution >= 0.6 is 0 Å². The summed E-state index contributed by atoms with van der Waals surface area (Å²) in [5.41, 5.74) is 0.747. The third-order valence-corrected chi connectivity index (χ3v) is 5.21. The van der Waals surface area contributed by atoms with Gasteiger partial charge in [0, 0.05) is 0 Å². The van der Waals surface area contributed by atoms with Gasteiger partial charge in [0.2, 0.25) is 0 Å². The van der Waals surface area contributed by atoms with Gasteiger partial charge in [-0.25, -0.2) is 0 Å². The average Bonchev–Trinajstić information content (AvgIpc) is 2.39. The van der Waals surface area contributed by atoms with E-state index in [1.165, 1.54) is 90.1 Å². The summed E-state index contributed by atoms with van der Waals surface area (Å²) >= 11 is 0. The topological polar surface area (TPSA) is 3.24 Å². The molecule has 1 saturated carbocycles. The van der Waals surface area contributed by atoms with Gasteiger partial charge in [0.15, 0.2) is 0 Å². The summed E-state index contributed by atoms with van der Waals surface area (Å²) in [5, 5.41) is 0. The zero-order chi connectivity index (χ0) is 12.0. The molecule has 100 valence electrons. The Hall–Kier alpha value is -0.0400. The Morgan fingerprint density at radius 1 is 0.588 bits per heavy atom. The summed E-state index contributed by atoms with van der Waals surface area (Å²) in [5.74, 6) is 0. The lowest BCUT2D eigenvalue weighted by Gasteiger charge is -2.41. The molecule has 17 heavy (non-hydrogen) atoms. The molecule has 1 heterocycles. The largest absolute Gasteiger partial charge is 0.306 e. The molecule has 2 fully saturated rings. The van der Waals surface area contributed by atoms with Crippen LogP contribution in [0, 0.1) is 5.41 Å². The van der Waals surface area contributed by atoms with E-state index in [1.807, 2.05) is 0 Å². The van der Waals surface area contributed by atoms with E-state index in [1.54, 1.807) is 0 Å². The molecule has 1 spiro atoms. The SMILES string of the molecule is CN1CCC2(CCCCCCCCCC2)CC1. The second-order valence-electron chi connectivity index (χ2n) is 6.63. The predicted molar refractivity (Wildman–Crippen MR) is 75.3 cm³/mol. The molecule has 0 amide bonds. The molecule has 1 nitrogen and oxygen atoms in total. The number of piperidine rings is 1. The summed E-state index contributed by atoms with van der Waals surface area (Å²) in [6, 6.07) is 0. The third-order valence-electron chi connectivity index (χ3n) is 5.21. The van der Waals surface area contributed by atoms with Gasteiger partial charge in [0.05, 0.1) is 0 Å². The Kier molecular flexibility index (Phi) is 5.34. The molecule has 0 bridgehead atoms. The van der Waals surface area contributed by atoms with Crippen molar-refractivity contribution in [2.24, 2.45) is 5.41 Å². The first-order valence-electron chi connectivity index (χ1n) is 7.99. The molecule has 0 unspecified atom stereocenters. The van der Waals surface area contributed by atoms with Crippen molar-refractivity contribution in [3.8, 4) is 0 Å².